The number of urea groups is 1. The number of ether oxygens (including phenoxy) is 1. The molecule has 0 bridgehead atoms. The SMILES string of the molecule is Cc1ccc(CCOc2ccc(NC(=O)NO)cc2)c(C)c1. The van der Waals surface area contributed by atoms with E-state index in [9.17, 15) is 4.79 Å². The topological polar surface area (TPSA) is 70.6 Å². The van der Waals surface area contributed by atoms with Crippen molar-refractivity contribution in [3.8, 4) is 5.75 Å². The summed E-state index contributed by atoms with van der Waals surface area (Å²) in [6.07, 6.45) is 0.846. The number of rotatable bonds is 5. The van der Waals surface area contributed by atoms with E-state index in [-0.39, 0.29) is 0 Å². The van der Waals surface area contributed by atoms with Gasteiger partial charge < -0.3 is 10.1 Å². The highest BCUT2D eigenvalue weighted by Gasteiger charge is 2.02. The van der Waals surface area contributed by atoms with Gasteiger partial charge in [-0.05, 0) is 49.2 Å². The molecule has 0 atom stereocenters. The van der Waals surface area contributed by atoms with Crippen LogP contribution < -0.4 is 15.5 Å². The second-order valence-corrected chi connectivity index (χ2v) is 5.12. The fourth-order valence-electron chi connectivity index (χ4n) is 2.20. The molecule has 0 spiro atoms. The molecule has 0 saturated carbocycles. The normalized spacial score (nSPS) is 10.1. The minimum Gasteiger partial charge on any atom is -0.493 e. The maximum atomic E-state index is 10.9. The van der Waals surface area contributed by atoms with Crippen molar-refractivity contribution in [2.24, 2.45) is 0 Å². The van der Waals surface area contributed by atoms with Crippen LogP contribution in [0.5, 0.6) is 5.75 Å². The second-order valence-electron chi connectivity index (χ2n) is 5.12. The Morgan fingerprint density at radius 2 is 1.86 bits per heavy atom. The van der Waals surface area contributed by atoms with Gasteiger partial charge in [-0.3, -0.25) is 5.21 Å². The lowest BCUT2D eigenvalue weighted by atomic mass is 10.0. The van der Waals surface area contributed by atoms with Gasteiger partial charge in [0.05, 0.1) is 6.61 Å². The lowest BCUT2D eigenvalue weighted by Gasteiger charge is -2.10. The number of carbonyl (C=O) groups excluding carboxylic acids is 1. The highest BCUT2D eigenvalue weighted by molar-refractivity contribution is 5.88. The number of hydrogen-bond acceptors (Lipinski definition) is 3. The first kappa shape index (κ1) is 15.9. The Bertz CT molecular complexity index is 639. The summed E-state index contributed by atoms with van der Waals surface area (Å²) >= 11 is 0. The summed E-state index contributed by atoms with van der Waals surface area (Å²) in [7, 11) is 0. The minimum absolute atomic E-state index is 0.577. The molecule has 0 aliphatic carbocycles. The number of carbonyl (C=O) groups is 1. The average molecular weight is 300 g/mol. The van der Waals surface area contributed by atoms with Crippen LogP contribution in [0.1, 0.15) is 16.7 Å². The summed E-state index contributed by atoms with van der Waals surface area (Å²) in [5.74, 6) is 0.736. The van der Waals surface area contributed by atoms with E-state index in [1.54, 1.807) is 24.3 Å². The van der Waals surface area contributed by atoms with Gasteiger partial charge in [-0.15, -0.1) is 0 Å². The third kappa shape index (κ3) is 4.49. The molecular formula is C17H20N2O3. The van der Waals surface area contributed by atoms with Gasteiger partial charge in [0.1, 0.15) is 5.75 Å². The molecule has 0 unspecified atom stereocenters. The standard InChI is InChI=1S/C17H20N2O3/c1-12-3-4-14(13(2)11-12)9-10-22-16-7-5-15(6-8-16)18-17(20)19-21/h3-8,11,21H,9-10H2,1-2H3,(H2,18,19,20). The Balaban J connectivity index is 1.85. The summed E-state index contributed by atoms with van der Waals surface area (Å²) < 4.78 is 5.70. The summed E-state index contributed by atoms with van der Waals surface area (Å²) in [5, 5.41) is 10.9. The van der Waals surface area contributed by atoms with Crippen LogP contribution in [0, 0.1) is 13.8 Å². The third-order valence-corrected chi connectivity index (χ3v) is 3.35. The average Bonchev–Trinajstić information content (AvgIpc) is 2.51. The molecular weight excluding hydrogens is 280 g/mol. The summed E-state index contributed by atoms with van der Waals surface area (Å²) in [6.45, 7) is 4.78. The Morgan fingerprint density at radius 1 is 1.14 bits per heavy atom. The molecule has 5 heteroatoms. The predicted molar refractivity (Wildman–Crippen MR) is 85.5 cm³/mol. The van der Waals surface area contributed by atoms with Gasteiger partial charge in [-0.1, -0.05) is 23.8 Å². The Kier molecular flexibility index (Phi) is 5.38. The summed E-state index contributed by atoms with van der Waals surface area (Å²) in [5.41, 5.74) is 5.90. The lowest BCUT2D eigenvalue weighted by molar-refractivity contribution is 0.172. The number of anilines is 1. The van der Waals surface area contributed by atoms with Gasteiger partial charge in [0, 0.05) is 12.1 Å². The van der Waals surface area contributed by atoms with Crippen molar-refractivity contribution in [1.82, 2.24) is 5.48 Å². The number of benzene rings is 2. The molecule has 0 aliphatic heterocycles. The van der Waals surface area contributed by atoms with Gasteiger partial charge in [-0.2, -0.15) is 0 Å². The molecule has 2 rings (SSSR count). The van der Waals surface area contributed by atoms with Crippen molar-refractivity contribution in [2.75, 3.05) is 11.9 Å². The first-order chi connectivity index (χ1) is 10.6. The van der Waals surface area contributed by atoms with Gasteiger partial charge >= 0.3 is 6.03 Å². The van der Waals surface area contributed by atoms with E-state index in [4.69, 9.17) is 9.94 Å². The van der Waals surface area contributed by atoms with E-state index in [0.717, 1.165) is 12.2 Å². The van der Waals surface area contributed by atoms with Crippen LogP contribution in [-0.2, 0) is 6.42 Å². The zero-order valence-corrected chi connectivity index (χ0v) is 12.7. The quantitative estimate of drug-likeness (QED) is 0.585. The van der Waals surface area contributed by atoms with Crippen LogP contribution >= 0.6 is 0 Å². The van der Waals surface area contributed by atoms with Crippen LogP contribution in [0.3, 0.4) is 0 Å². The van der Waals surface area contributed by atoms with E-state index in [1.165, 1.54) is 22.2 Å². The van der Waals surface area contributed by atoms with Crippen molar-refractivity contribution >= 4 is 11.7 Å². The van der Waals surface area contributed by atoms with E-state index in [0.29, 0.717) is 12.3 Å². The molecule has 0 aliphatic rings. The third-order valence-electron chi connectivity index (χ3n) is 3.35. The van der Waals surface area contributed by atoms with Crippen LogP contribution in [0.15, 0.2) is 42.5 Å². The van der Waals surface area contributed by atoms with Crippen molar-refractivity contribution in [1.29, 1.82) is 0 Å². The molecule has 2 amide bonds. The fraction of sp³-hybridized carbons (Fsp3) is 0.235. The molecule has 0 saturated heterocycles. The molecule has 3 N–H and O–H groups in total. The molecule has 116 valence electrons. The van der Waals surface area contributed by atoms with Crippen LogP contribution in [-0.4, -0.2) is 17.8 Å². The Labute approximate surface area is 129 Å². The molecule has 22 heavy (non-hydrogen) atoms. The summed E-state index contributed by atoms with van der Waals surface area (Å²) in [6, 6.07) is 12.7. The minimum atomic E-state index is -0.677. The predicted octanol–water partition coefficient (Wildman–Crippen LogP) is 3.44. The first-order valence-corrected chi connectivity index (χ1v) is 7.08. The molecule has 0 aromatic heterocycles. The van der Waals surface area contributed by atoms with Gasteiger partial charge in [0.2, 0.25) is 0 Å². The van der Waals surface area contributed by atoms with E-state index in [1.807, 2.05) is 0 Å². The number of nitrogens with one attached hydrogen (secondary N) is 2. The molecule has 0 fully saturated rings. The maximum absolute atomic E-state index is 10.9. The highest BCUT2D eigenvalue weighted by Crippen LogP contribution is 2.17. The smallest absolute Gasteiger partial charge is 0.342 e. The van der Waals surface area contributed by atoms with Gasteiger partial charge in [-0.25, -0.2) is 10.3 Å². The van der Waals surface area contributed by atoms with Crippen molar-refractivity contribution < 1.29 is 14.7 Å². The molecule has 2 aromatic rings. The maximum Gasteiger partial charge on any atom is 0.342 e. The molecule has 0 radical (unpaired) electrons. The lowest BCUT2D eigenvalue weighted by Crippen LogP contribution is -2.24. The molecule has 0 heterocycles. The Hall–Kier alpha value is -2.53. The molecule has 5 nitrogen and oxygen atoms in total. The fourth-order valence-corrected chi connectivity index (χ4v) is 2.20. The highest BCUT2D eigenvalue weighted by atomic mass is 16.5. The number of aryl methyl sites for hydroxylation is 2. The van der Waals surface area contributed by atoms with Crippen molar-refractivity contribution in [2.45, 2.75) is 20.3 Å². The van der Waals surface area contributed by atoms with E-state index < -0.39 is 6.03 Å². The monoisotopic (exact) mass is 300 g/mol. The first-order valence-electron chi connectivity index (χ1n) is 7.08. The number of hydrogen-bond donors (Lipinski definition) is 3. The second kappa shape index (κ2) is 7.47. The van der Waals surface area contributed by atoms with Crippen molar-refractivity contribution in [3.05, 3.63) is 59.2 Å². The Morgan fingerprint density at radius 3 is 2.50 bits per heavy atom. The molecule has 2 aromatic carbocycles. The number of hydroxylamine groups is 1. The van der Waals surface area contributed by atoms with Gasteiger partial charge in [0.15, 0.2) is 0 Å². The van der Waals surface area contributed by atoms with Gasteiger partial charge in [0.25, 0.3) is 0 Å². The zero-order chi connectivity index (χ0) is 15.9. The zero-order valence-electron chi connectivity index (χ0n) is 12.7. The van der Waals surface area contributed by atoms with Crippen LogP contribution in [0.2, 0.25) is 0 Å². The van der Waals surface area contributed by atoms with Crippen molar-refractivity contribution in [3.63, 3.8) is 0 Å². The summed E-state index contributed by atoms with van der Waals surface area (Å²) in [4.78, 5) is 10.9. The van der Waals surface area contributed by atoms with E-state index >= 15 is 0 Å². The van der Waals surface area contributed by atoms with Crippen LogP contribution in [0.4, 0.5) is 10.5 Å². The largest absolute Gasteiger partial charge is 0.493 e. The van der Waals surface area contributed by atoms with Crippen LogP contribution in [0.25, 0.3) is 0 Å². The number of amides is 2. The van der Waals surface area contributed by atoms with E-state index in [2.05, 4.69) is 37.4 Å².